The Hall–Kier alpha value is -1.13. The van der Waals surface area contributed by atoms with E-state index in [1.165, 1.54) is 12.1 Å². The number of hydrogen-bond acceptors (Lipinski definition) is 3. The molecule has 1 aromatic rings. The van der Waals surface area contributed by atoms with Crippen molar-refractivity contribution in [3.05, 3.63) is 30.1 Å². The minimum absolute atomic E-state index is 0.00852. The van der Waals surface area contributed by atoms with Gasteiger partial charge in [-0.05, 0) is 26.1 Å². The van der Waals surface area contributed by atoms with Gasteiger partial charge in [-0.2, -0.15) is 0 Å². The lowest BCUT2D eigenvalue weighted by atomic mass is 9.85. The van der Waals surface area contributed by atoms with E-state index >= 15 is 0 Å². The van der Waals surface area contributed by atoms with Gasteiger partial charge in [0, 0.05) is 25.1 Å². The van der Waals surface area contributed by atoms with Crippen molar-refractivity contribution in [3.63, 3.8) is 0 Å². The molecule has 17 heavy (non-hydrogen) atoms. The highest BCUT2D eigenvalue weighted by Gasteiger charge is 2.42. The van der Waals surface area contributed by atoms with E-state index in [0.717, 1.165) is 6.42 Å². The Morgan fingerprint density at radius 3 is 2.94 bits per heavy atom. The summed E-state index contributed by atoms with van der Waals surface area (Å²) in [4.78, 5) is 0. The smallest absolute Gasteiger partial charge is 0.128 e. The van der Waals surface area contributed by atoms with Crippen LogP contribution in [0.3, 0.4) is 0 Å². The zero-order valence-corrected chi connectivity index (χ0v) is 10.2. The Kier molecular flexibility index (Phi) is 3.97. The molecule has 1 fully saturated rings. The third-order valence-electron chi connectivity index (χ3n) is 3.06. The van der Waals surface area contributed by atoms with Crippen molar-refractivity contribution in [2.24, 2.45) is 0 Å². The number of nitrogens with one attached hydrogen (secondary N) is 1. The Labute approximate surface area is 101 Å². The molecule has 4 heteroatoms. The van der Waals surface area contributed by atoms with Gasteiger partial charge in [-0.3, -0.25) is 0 Å². The minimum atomic E-state index is -0.278. The molecule has 2 rings (SSSR count). The standard InChI is InChI=1S/C13H18FNO2/c1-3-16-13-11(15-2)8-12(13)17-10-6-4-5-9(14)7-10/h4-7,11-13,15H,3,8H2,1-2H3. The van der Waals surface area contributed by atoms with Gasteiger partial charge in [-0.1, -0.05) is 6.07 Å². The fourth-order valence-corrected chi connectivity index (χ4v) is 2.11. The van der Waals surface area contributed by atoms with E-state index in [1.54, 1.807) is 12.1 Å². The molecule has 0 bridgehead atoms. The molecule has 0 saturated heterocycles. The van der Waals surface area contributed by atoms with Gasteiger partial charge in [0.15, 0.2) is 0 Å². The first-order chi connectivity index (χ1) is 8.24. The predicted octanol–water partition coefficient (Wildman–Crippen LogP) is 1.97. The van der Waals surface area contributed by atoms with Gasteiger partial charge in [-0.15, -0.1) is 0 Å². The van der Waals surface area contributed by atoms with E-state index in [0.29, 0.717) is 18.4 Å². The number of ether oxygens (including phenoxy) is 2. The first kappa shape index (κ1) is 12.3. The number of hydrogen-bond donors (Lipinski definition) is 1. The van der Waals surface area contributed by atoms with Crippen molar-refractivity contribution in [1.29, 1.82) is 0 Å². The van der Waals surface area contributed by atoms with Crippen molar-refractivity contribution in [2.45, 2.75) is 31.6 Å². The van der Waals surface area contributed by atoms with Crippen molar-refractivity contribution in [1.82, 2.24) is 5.32 Å². The van der Waals surface area contributed by atoms with E-state index in [1.807, 2.05) is 14.0 Å². The maximum Gasteiger partial charge on any atom is 0.128 e. The molecule has 3 atom stereocenters. The van der Waals surface area contributed by atoms with Crippen LogP contribution in [0.4, 0.5) is 4.39 Å². The fourth-order valence-electron chi connectivity index (χ4n) is 2.11. The molecule has 0 radical (unpaired) electrons. The quantitative estimate of drug-likeness (QED) is 0.852. The molecular formula is C13H18FNO2. The summed E-state index contributed by atoms with van der Waals surface area (Å²) in [6.45, 7) is 2.62. The molecule has 0 aliphatic heterocycles. The SMILES string of the molecule is CCOC1C(NC)CC1Oc1cccc(F)c1. The van der Waals surface area contributed by atoms with Crippen LogP contribution in [0.5, 0.6) is 5.75 Å². The molecule has 1 aliphatic carbocycles. The van der Waals surface area contributed by atoms with Gasteiger partial charge in [0.1, 0.15) is 23.8 Å². The van der Waals surface area contributed by atoms with Crippen LogP contribution >= 0.6 is 0 Å². The van der Waals surface area contributed by atoms with Crippen LogP contribution in [0.1, 0.15) is 13.3 Å². The fraction of sp³-hybridized carbons (Fsp3) is 0.538. The molecule has 1 N–H and O–H groups in total. The summed E-state index contributed by atoms with van der Waals surface area (Å²) >= 11 is 0. The van der Waals surface area contributed by atoms with Crippen LogP contribution in [0, 0.1) is 5.82 Å². The lowest BCUT2D eigenvalue weighted by Crippen LogP contribution is -2.60. The lowest BCUT2D eigenvalue weighted by molar-refractivity contribution is -0.103. The molecule has 1 aromatic carbocycles. The van der Waals surface area contributed by atoms with Crippen LogP contribution in [-0.2, 0) is 4.74 Å². The van der Waals surface area contributed by atoms with E-state index in [4.69, 9.17) is 9.47 Å². The maximum atomic E-state index is 13.0. The molecular weight excluding hydrogens is 221 g/mol. The van der Waals surface area contributed by atoms with Crippen molar-refractivity contribution < 1.29 is 13.9 Å². The van der Waals surface area contributed by atoms with Gasteiger partial charge in [0.25, 0.3) is 0 Å². The second-order valence-corrected chi connectivity index (χ2v) is 4.16. The summed E-state index contributed by atoms with van der Waals surface area (Å²) in [5, 5.41) is 3.18. The largest absolute Gasteiger partial charge is 0.487 e. The summed E-state index contributed by atoms with van der Waals surface area (Å²) in [6, 6.07) is 6.54. The Bertz CT molecular complexity index is 372. The van der Waals surface area contributed by atoms with Crippen molar-refractivity contribution in [3.8, 4) is 5.75 Å². The number of likely N-dealkylation sites (N-methyl/N-ethyl adjacent to an activating group) is 1. The van der Waals surface area contributed by atoms with E-state index in [9.17, 15) is 4.39 Å². The average molecular weight is 239 g/mol. The highest BCUT2D eigenvalue weighted by atomic mass is 19.1. The highest BCUT2D eigenvalue weighted by molar-refractivity contribution is 5.23. The first-order valence-corrected chi connectivity index (χ1v) is 5.95. The summed E-state index contributed by atoms with van der Waals surface area (Å²) in [7, 11) is 1.91. The lowest BCUT2D eigenvalue weighted by Gasteiger charge is -2.43. The number of benzene rings is 1. The van der Waals surface area contributed by atoms with Crippen molar-refractivity contribution in [2.75, 3.05) is 13.7 Å². The van der Waals surface area contributed by atoms with Crippen LogP contribution in [0.2, 0.25) is 0 Å². The number of halogens is 1. The Balaban J connectivity index is 1.95. The molecule has 94 valence electrons. The van der Waals surface area contributed by atoms with Crippen molar-refractivity contribution >= 4 is 0 Å². The minimum Gasteiger partial charge on any atom is -0.487 e. The molecule has 0 amide bonds. The van der Waals surface area contributed by atoms with Gasteiger partial charge < -0.3 is 14.8 Å². The van der Waals surface area contributed by atoms with Crippen LogP contribution < -0.4 is 10.1 Å². The summed E-state index contributed by atoms with van der Waals surface area (Å²) in [5.74, 6) is 0.286. The zero-order chi connectivity index (χ0) is 12.3. The van der Waals surface area contributed by atoms with Crippen LogP contribution in [0.15, 0.2) is 24.3 Å². The van der Waals surface area contributed by atoms with Gasteiger partial charge in [0.2, 0.25) is 0 Å². The molecule has 0 spiro atoms. The molecule has 1 saturated carbocycles. The van der Waals surface area contributed by atoms with Gasteiger partial charge >= 0.3 is 0 Å². The third kappa shape index (κ3) is 2.76. The molecule has 3 nitrogen and oxygen atoms in total. The van der Waals surface area contributed by atoms with Gasteiger partial charge in [0.05, 0.1) is 0 Å². The predicted molar refractivity (Wildman–Crippen MR) is 63.7 cm³/mol. The van der Waals surface area contributed by atoms with E-state index in [-0.39, 0.29) is 18.0 Å². The summed E-state index contributed by atoms with van der Waals surface area (Å²) in [5.41, 5.74) is 0. The maximum absolute atomic E-state index is 13.0. The average Bonchev–Trinajstić information content (AvgIpc) is 2.31. The Morgan fingerprint density at radius 1 is 1.47 bits per heavy atom. The normalized spacial score (nSPS) is 27.6. The molecule has 0 aromatic heterocycles. The molecule has 0 heterocycles. The second-order valence-electron chi connectivity index (χ2n) is 4.16. The third-order valence-corrected chi connectivity index (χ3v) is 3.06. The Morgan fingerprint density at radius 2 is 2.29 bits per heavy atom. The molecule has 1 aliphatic rings. The summed E-state index contributed by atoms with van der Waals surface area (Å²) in [6.07, 6.45) is 0.944. The highest BCUT2D eigenvalue weighted by Crippen LogP contribution is 2.29. The topological polar surface area (TPSA) is 30.5 Å². The number of rotatable bonds is 5. The van der Waals surface area contributed by atoms with Crippen LogP contribution in [0.25, 0.3) is 0 Å². The van der Waals surface area contributed by atoms with E-state index in [2.05, 4.69) is 5.32 Å². The van der Waals surface area contributed by atoms with E-state index < -0.39 is 0 Å². The van der Waals surface area contributed by atoms with Crippen LogP contribution in [-0.4, -0.2) is 31.9 Å². The first-order valence-electron chi connectivity index (χ1n) is 5.95. The second kappa shape index (κ2) is 5.47. The monoisotopic (exact) mass is 239 g/mol. The van der Waals surface area contributed by atoms with Gasteiger partial charge in [-0.25, -0.2) is 4.39 Å². The zero-order valence-electron chi connectivity index (χ0n) is 10.2. The molecule has 3 unspecified atom stereocenters. The summed E-state index contributed by atoms with van der Waals surface area (Å²) < 4.78 is 24.3.